The van der Waals surface area contributed by atoms with Crippen molar-refractivity contribution in [1.29, 1.82) is 0 Å². The fourth-order valence-electron chi connectivity index (χ4n) is 3.36. The third-order valence-electron chi connectivity index (χ3n) is 5.21. The summed E-state index contributed by atoms with van der Waals surface area (Å²) in [6.07, 6.45) is 0. The first kappa shape index (κ1) is 23.6. The van der Waals surface area contributed by atoms with Crippen LogP contribution in [0.15, 0.2) is 83.1 Å². The van der Waals surface area contributed by atoms with Gasteiger partial charge < -0.3 is 5.32 Å². The second-order valence-electron chi connectivity index (χ2n) is 7.59. The molecule has 0 atom stereocenters. The molecule has 0 unspecified atom stereocenters. The van der Waals surface area contributed by atoms with E-state index in [-0.39, 0.29) is 21.0 Å². The molecule has 3 aromatic carbocycles. The smallest absolute Gasteiger partial charge is 0.267 e. The van der Waals surface area contributed by atoms with E-state index in [0.29, 0.717) is 11.3 Å². The quantitative estimate of drug-likeness (QED) is 0.350. The Bertz CT molecular complexity index is 1450. The molecule has 4 rings (SSSR count). The fourth-order valence-corrected chi connectivity index (χ4v) is 6.21. The van der Waals surface area contributed by atoms with Crippen molar-refractivity contribution in [3.05, 3.63) is 100 Å². The van der Waals surface area contributed by atoms with Gasteiger partial charge in [-0.2, -0.15) is 0 Å². The minimum Gasteiger partial charge on any atom is -0.321 e. The van der Waals surface area contributed by atoms with Gasteiger partial charge in [-0.15, -0.1) is 11.3 Å². The Labute approximate surface area is 200 Å². The summed E-state index contributed by atoms with van der Waals surface area (Å²) in [5.41, 5.74) is 2.29. The summed E-state index contributed by atoms with van der Waals surface area (Å²) in [4.78, 5) is 12.9. The number of hydrogen-bond acceptors (Lipinski definition) is 4. The molecule has 9 heteroatoms. The van der Waals surface area contributed by atoms with Crippen molar-refractivity contribution in [2.45, 2.75) is 11.8 Å². The Balaban J connectivity index is 1.83. The highest BCUT2D eigenvalue weighted by molar-refractivity contribution is 7.93. The van der Waals surface area contributed by atoms with Gasteiger partial charge in [0.1, 0.15) is 21.4 Å². The van der Waals surface area contributed by atoms with Crippen LogP contribution in [0, 0.1) is 18.6 Å². The summed E-state index contributed by atoms with van der Waals surface area (Å²) in [6.45, 7) is 1.91. The summed E-state index contributed by atoms with van der Waals surface area (Å²) in [6, 6.07) is 17.5. The van der Waals surface area contributed by atoms with Crippen molar-refractivity contribution in [2.75, 3.05) is 16.7 Å². The highest BCUT2D eigenvalue weighted by atomic mass is 32.2. The summed E-state index contributed by atoms with van der Waals surface area (Å²) in [5.74, 6) is -1.67. The van der Waals surface area contributed by atoms with Gasteiger partial charge in [0.2, 0.25) is 0 Å². The highest BCUT2D eigenvalue weighted by Crippen LogP contribution is 2.38. The molecule has 1 amide bonds. The van der Waals surface area contributed by atoms with E-state index in [1.807, 2.05) is 19.1 Å². The molecular weight excluding hydrogens is 478 g/mol. The standard InChI is InChI=1S/C25H20F2N2O3S2/c1-16-6-12-20(13-7-16)28-25(30)23-24(22(15-33-23)17-8-10-18(26)11-9-17)34(31,32)29(2)21-5-3-4-19(27)14-21/h3-15H,1-2H3,(H,28,30). The van der Waals surface area contributed by atoms with Crippen LogP contribution in [0.3, 0.4) is 0 Å². The van der Waals surface area contributed by atoms with Crippen LogP contribution in [0.5, 0.6) is 0 Å². The van der Waals surface area contributed by atoms with Crippen LogP contribution in [0.1, 0.15) is 15.2 Å². The number of hydrogen-bond donors (Lipinski definition) is 1. The van der Waals surface area contributed by atoms with Crippen molar-refractivity contribution in [2.24, 2.45) is 0 Å². The van der Waals surface area contributed by atoms with E-state index in [1.54, 1.807) is 17.5 Å². The van der Waals surface area contributed by atoms with Gasteiger partial charge in [-0.25, -0.2) is 17.2 Å². The maximum atomic E-state index is 13.8. The molecule has 0 bridgehead atoms. The molecule has 1 aromatic heterocycles. The Morgan fingerprint density at radius 3 is 2.26 bits per heavy atom. The second-order valence-corrected chi connectivity index (χ2v) is 10.4. The molecule has 174 valence electrons. The van der Waals surface area contributed by atoms with Gasteiger partial charge in [-0.05, 0) is 55.0 Å². The highest BCUT2D eigenvalue weighted by Gasteiger charge is 2.33. The lowest BCUT2D eigenvalue weighted by atomic mass is 10.1. The Kier molecular flexibility index (Phi) is 6.49. The first-order chi connectivity index (χ1) is 16.2. The van der Waals surface area contributed by atoms with Gasteiger partial charge in [0.05, 0.1) is 5.69 Å². The molecule has 0 fully saturated rings. The van der Waals surface area contributed by atoms with E-state index < -0.39 is 27.6 Å². The summed E-state index contributed by atoms with van der Waals surface area (Å²) >= 11 is 0.963. The van der Waals surface area contributed by atoms with E-state index in [0.717, 1.165) is 27.3 Å². The number of rotatable bonds is 6. The third-order valence-corrected chi connectivity index (χ3v) is 8.19. The van der Waals surface area contributed by atoms with Crippen LogP contribution in [0.4, 0.5) is 20.2 Å². The summed E-state index contributed by atoms with van der Waals surface area (Å²) < 4.78 is 55.7. The van der Waals surface area contributed by atoms with Crippen LogP contribution in [-0.2, 0) is 10.0 Å². The number of sulfonamides is 1. The molecule has 0 spiro atoms. The van der Waals surface area contributed by atoms with Crippen LogP contribution in [0.25, 0.3) is 11.1 Å². The van der Waals surface area contributed by atoms with Gasteiger partial charge >= 0.3 is 0 Å². The lowest BCUT2D eigenvalue weighted by molar-refractivity contribution is 0.102. The van der Waals surface area contributed by atoms with E-state index in [1.165, 1.54) is 49.5 Å². The maximum absolute atomic E-state index is 13.8. The minimum absolute atomic E-state index is 0.0387. The normalized spacial score (nSPS) is 11.3. The molecule has 1 heterocycles. The van der Waals surface area contributed by atoms with Crippen LogP contribution in [-0.4, -0.2) is 21.4 Å². The summed E-state index contributed by atoms with van der Waals surface area (Å²) in [5, 5.41) is 4.27. The van der Waals surface area contributed by atoms with Crippen LogP contribution >= 0.6 is 11.3 Å². The number of carbonyl (C=O) groups is 1. The maximum Gasteiger partial charge on any atom is 0.267 e. The minimum atomic E-state index is -4.31. The molecular formula is C25H20F2N2O3S2. The second kappa shape index (κ2) is 9.36. The average Bonchev–Trinajstić information content (AvgIpc) is 3.27. The van der Waals surface area contributed by atoms with Crippen molar-refractivity contribution < 1.29 is 22.0 Å². The first-order valence-corrected chi connectivity index (χ1v) is 12.5. The van der Waals surface area contributed by atoms with Crippen molar-refractivity contribution in [1.82, 2.24) is 0 Å². The lowest BCUT2D eigenvalue weighted by Crippen LogP contribution is -2.28. The number of anilines is 2. The number of carbonyl (C=O) groups excluding carboxylic acids is 1. The zero-order chi connectivity index (χ0) is 24.5. The molecule has 0 saturated carbocycles. The van der Waals surface area contributed by atoms with Gasteiger partial charge in [0.15, 0.2) is 0 Å². The number of aryl methyl sites for hydroxylation is 1. The third kappa shape index (κ3) is 4.71. The number of halogens is 2. The molecule has 0 saturated heterocycles. The first-order valence-electron chi connectivity index (χ1n) is 10.2. The number of nitrogens with zero attached hydrogens (tertiary/aromatic N) is 1. The van der Waals surface area contributed by atoms with E-state index in [9.17, 15) is 22.0 Å². The predicted molar refractivity (Wildman–Crippen MR) is 131 cm³/mol. The topological polar surface area (TPSA) is 66.5 Å². The molecule has 5 nitrogen and oxygen atoms in total. The number of benzene rings is 3. The molecule has 4 aromatic rings. The molecule has 0 aliphatic heterocycles. The largest absolute Gasteiger partial charge is 0.321 e. The van der Waals surface area contributed by atoms with Crippen molar-refractivity contribution in [3.63, 3.8) is 0 Å². The van der Waals surface area contributed by atoms with Gasteiger partial charge in [0, 0.05) is 23.7 Å². The number of amides is 1. The number of thiophene rings is 1. The molecule has 0 aliphatic carbocycles. The van der Waals surface area contributed by atoms with Gasteiger partial charge in [0.25, 0.3) is 15.9 Å². The van der Waals surface area contributed by atoms with Crippen LogP contribution < -0.4 is 9.62 Å². The Morgan fingerprint density at radius 2 is 1.62 bits per heavy atom. The predicted octanol–water partition coefficient (Wildman–Crippen LogP) is 6.08. The zero-order valence-electron chi connectivity index (χ0n) is 18.2. The van der Waals surface area contributed by atoms with Crippen molar-refractivity contribution >= 4 is 38.6 Å². The molecule has 0 aliphatic rings. The van der Waals surface area contributed by atoms with Crippen LogP contribution in [0.2, 0.25) is 0 Å². The molecule has 34 heavy (non-hydrogen) atoms. The zero-order valence-corrected chi connectivity index (χ0v) is 19.9. The fraction of sp³-hybridized carbons (Fsp3) is 0.0800. The SMILES string of the molecule is Cc1ccc(NC(=O)c2scc(-c3ccc(F)cc3)c2S(=O)(=O)N(C)c2cccc(F)c2)cc1. The lowest BCUT2D eigenvalue weighted by Gasteiger charge is -2.21. The van der Waals surface area contributed by atoms with Gasteiger partial charge in [-0.1, -0.05) is 35.9 Å². The van der Waals surface area contributed by atoms with E-state index in [2.05, 4.69) is 5.32 Å². The Hall–Kier alpha value is -3.56. The number of nitrogens with one attached hydrogen (secondary N) is 1. The Morgan fingerprint density at radius 1 is 0.941 bits per heavy atom. The molecule has 0 radical (unpaired) electrons. The van der Waals surface area contributed by atoms with Gasteiger partial charge in [-0.3, -0.25) is 9.10 Å². The van der Waals surface area contributed by atoms with Crippen molar-refractivity contribution in [3.8, 4) is 11.1 Å². The monoisotopic (exact) mass is 498 g/mol. The van der Waals surface area contributed by atoms with E-state index in [4.69, 9.17) is 0 Å². The average molecular weight is 499 g/mol. The summed E-state index contributed by atoms with van der Waals surface area (Å²) in [7, 11) is -3.02. The van der Waals surface area contributed by atoms with E-state index >= 15 is 0 Å². The molecule has 1 N–H and O–H groups in total.